The van der Waals surface area contributed by atoms with Crippen molar-refractivity contribution in [2.45, 2.75) is 0 Å². The highest BCUT2D eigenvalue weighted by Gasteiger charge is 1.99. The summed E-state index contributed by atoms with van der Waals surface area (Å²) in [5.41, 5.74) is 2.10. The second kappa shape index (κ2) is 5.87. The molecule has 2 nitrogen and oxygen atoms in total. The Hall–Kier alpha value is -2.29. The molecule has 0 aliphatic heterocycles. The fourth-order valence-electron chi connectivity index (χ4n) is 1.48. The molecule has 2 rings (SSSR count). The first-order valence-corrected chi connectivity index (χ1v) is 5.76. The fraction of sp³-hybridized carbons (Fsp3) is 0. The van der Waals surface area contributed by atoms with Crippen molar-refractivity contribution in [2.24, 2.45) is 0 Å². The first-order valence-electron chi connectivity index (χ1n) is 5.76. The molecule has 0 amide bonds. The molecule has 0 fully saturated rings. The smallest absolute Gasteiger partial charge is 0.336 e. The van der Waals surface area contributed by atoms with Gasteiger partial charge in [-0.05, 0) is 23.8 Å². The molecule has 3 heteroatoms. The summed E-state index contributed by atoms with van der Waals surface area (Å²) in [5.74, 6) is 0.186. The van der Waals surface area contributed by atoms with Crippen molar-refractivity contribution in [2.75, 3.05) is 0 Å². The van der Waals surface area contributed by atoms with E-state index >= 15 is 0 Å². The number of benzene rings is 2. The molecule has 88 valence electrons. The van der Waals surface area contributed by atoms with Crippen molar-refractivity contribution in [3.63, 3.8) is 0 Å². The minimum atomic E-state index is -0.372. The number of hydrogen-bond acceptors (Lipinski definition) is 2. The lowest BCUT2D eigenvalue weighted by Crippen LogP contribution is -2.05. The minimum absolute atomic E-state index is 0.372. The summed E-state index contributed by atoms with van der Waals surface area (Å²) in [5, 5.41) is 0. The molecule has 0 heterocycles. The monoisotopic (exact) mass is 236 g/mol. The lowest BCUT2D eigenvalue weighted by atomic mass is 9.97. The van der Waals surface area contributed by atoms with Crippen LogP contribution in [0, 0.1) is 0 Å². The van der Waals surface area contributed by atoms with Crippen LogP contribution in [0.4, 0.5) is 0 Å². The van der Waals surface area contributed by atoms with Gasteiger partial charge in [-0.15, -0.1) is 0 Å². The molecule has 0 saturated heterocycles. The molecule has 0 aliphatic carbocycles. The average molecular weight is 236 g/mol. The molecule has 2 aromatic carbocycles. The van der Waals surface area contributed by atoms with Crippen LogP contribution in [-0.2, 0) is 4.79 Å². The topological polar surface area (TPSA) is 26.3 Å². The summed E-state index contributed by atoms with van der Waals surface area (Å²) in [7, 11) is 1.99. The summed E-state index contributed by atoms with van der Waals surface area (Å²) in [4.78, 5) is 11.6. The Bertz CT molecular complexity index is 544. The average Bonchev–Trinajstić information content (AvgIpc) is 2.40. The summed E-state index contributed by atoms with van der Waals surface area (Å²) in [6.45, 7) is 0. The zero-order valence-corrected chi connectivity index (χ0v) is 10.2. The highest BCUT2D eigenvalue weighted by Crippen LogP contribution is 2.08. The van der Waals surface area contributed by atoms with Crippen LogP contribution in [0.1, 0.15) is 5.56 Å². The lowest BCUT2D eigenvalue weighted by Gasteiger charge is -2.01. The van der Waals surface area contributed by atoms with Gasteiger partial charge in [-0.1, -0.05) is 47.9 Å². The van der Waals surface area contributed by atoms with E-state index < -0.39 is 0 Å². The molecule has 0 aliphatic rings. The molecule has 0 aromatic heterocycles. The predicted molar refractivity (Wildman–Crippen MR) is 75.7 cm³/mol. The molecule has 2 aromatic rings. The Balaban J connectivity index is 1.97. The predicted octanol–water partition coefficient (Wildman–Crippen LogP) is 1.56. The second-order valence-electron chi connectivity index (χ2n) is 3.98. The van der Waals surface area contributed by atoms with Gasteiger partial charge in [0.05, 0.1) is 0 Å². The molecule has 18 heavy (non-hydrogen) atoms. The summed E-state index contributed by atoms with van der Waals surface area (Å²) in [6, 6.07) is 17.0. The first kappa shape index (κ1) is 12.2. The van der Waals surface area contributed by atoms with E-state index in [0.29, 0.717) is 5.75 Å². The van der Waals surface area contributed by atoms with Crippen LogP contribution in [0.2, 0.25) is 0 Å². The fourth-order valence-corrected chi connectivity index (χ4v) is 1.48. The van der Waals surface area contributed by atoms with Crippen LogP contribution in [0.15, 0.2) is 60.7 Å². The zero-order chi connectivity index (χ0) is 12.8. The van der Waals surface area contributed by atoms with E-state index in [1.54, 1.807) is 18.2 Å². The largest absolute Gasteiger partial charge is 0.423 e. The van der Waals surface area contributed by atoms with Crippen molar-refractivity contribution >= 4 is 25.4 Å². The molecular weight excluding hydrogens is 223 g/mol. The SMILES string of the molecule is Bc1ccc(OC(=O)/C=C/c2ccccc2)cc1. The van der Waals surface area contributed by atoms with Gasteiger partial charge < -0.3 is 4.74 Å². The Kier molecular flexibility index (Phi) is 3.97. The first-order chi connectivity index (χ1) is 8.74. The molecule has 0 bridgehead atoms. The van der Waals surface area contributed by atoms with E-state index in [1.807, 2.05) is 50.3 Å². The van der Waals surface area contributed by atoms with Crippen LogP contribution >= 0.6 is 0 Å². The molecule has 0 saturated carbocycles. The summed E-state index contributed by atoms with van der Waals surface area (Å²) < 4.78 is 5.17. The van der Waals surface area contributed by atoms with Gasteiger partial charge >= 0.3 is 5.97 Å². The van der Waals surface area contributed by atoms with E-state index in [4.69, 9.17) is 4.74 Å². The summed E-state index contributed by atoms with van der Waals surface area (Å²) in [6.07, 6.45) is 3.16. The van der Waals surface area contributed by atoms with Crippen LogP contribution < -0.4 is 10.2 Å². The van der Waals surface area contributed by atoms with Crippen molar-refractivity contribution in [3.05, 3.63) is 66.2 Å². The van der Waals surface area contributed by atoms with Crippen LogP contribution in [0.3, 0.4) is 0 Å². The number of carbonyl (C=O) groups is 1. The van der Waals surface area contributed by atoms with E-state index in [9.17, 15) is 4.79 Å². The Morgan fingerprint density at radius 1 is 1.00 bits per heavy atom. The van der Waals surface area contributed by atoms with E-state index in [-0.39, 0.29) is 5.97 Å². The maximum absolute atomic E-state index is 11.6. The maximum atomic E-state index is 11.6. The van der Waals surface area contributed by atoms with Crippen molar-refractivity contribution in [1.29, 1.82) is 0 Å². The summed E-state index contributed by atoms with van der Waals surface area (Å²) >= 11 is 0. The number of hydrogen-bond donors (Lipinski definition) is 0. The molecule has 0 radical (unpaired) electrons. The van der Waals surface area contributed by atoms with Gasteiger partial charge in [0.2, 0.25) is 0 Å². The lowest BCUT2D eigenvalue weighted by molar-refractivity contribution is -0.128. The van der Waals surface area contributed by atoms with E-state index in [2.05, 4.69) is 0 Å². The van der Waals surface area contributed by atoms with E-state index in [1.165, 1.54) is 6.08 Å². The van der Waals surface area contributed by atoms with Crippen LogP contribution in [0.25, 0.3) is 6.08 Å². The van der Waals surface area contributed by atoms with Gasteiger partial charge in [0.25, 0.3) is 0 Å². The molecular formula is C15H13BO2. The standard InChI is InChI=1S/C15H13BO2/c16-13-7-9-14(10-8-13)18-15(17)11-6-12-4-2-1-3-5-12/h1-11H,16H2/b11-6+. The van der Waals surface area contributed by atoms with Gasteiger partial charge in [-0.3, -0.25) is 0 Å². The van der Waals surface area contributed by atoms with Gasteiger partial charge in [-0.2, -0.15) is 0 Å². The highest BCUT2D eigenvalue weighted by atomic mass is 16.5. The highest BCUT2D eigenvalue weighted by molar-refractivity contribution is 6.32. The quantitative estimate of drug-likeness (QED) is 0.350. The Morgan fingerprint density at radius 2 is 1.67 bits per heavy atom. The Labute approximate surface area is 107 Å². The molecule has 0 spiro atoms. The third-order valence-electron chi connectivity index (χ3n) is 2.45. The normalized spacial score (nSPS) is 10.4. The van der Waals surface area contributed by atoms with Crippen LogP contribution in [0.5, 0.6) is 5.75 Å². The zero-order valence-electron chi connectivity index (χ0n) is 10.2. The van der Waals surface area contributed by atoms with E-state index in [0.717, 1.165) is 11.0 Å². The number of rotatable bonds is 3. The van der Waals surface area contributed by atoms with Gasteiger partial charge in [0, 0.05) is 6.08 Å². The number of esters is 1. The van der Waals surface area contributed by atoms with Crippen molar-refractivity contribution < 1.29 is 9.53 Å². The number of carbonyl (C=O) groups excluding carboxylic acids is 1. The second-order valence-corrected chi connectivity index (χ2v) is 3.98. The van der Waals surface area contributed by atoms with Crippen molar-refractivity contribution in [1.82, 2.24) is 0 Å². The maximum Gasteiger partial charge on any atom is 0.336 e. The third kappa shape index (κ3) is 3.63. The number of ether oxygens (including phenoxy) is 1. The Morgan fingerprint density at radius 3 is 2.33 bits per heavy atom. The minimum Gasteiger partial charge on any atom is -0.423 e. The molecule has 0 unspecified atom stereocenters. The van der Waals surface area contributed by atoms with Crippen LogP contribution in [-0.4, -0.2) is 13.8 Å². The third-order valence-corrected chi connectivity index (χ3v) is 2.45. The van der Waals surface area contributed by atoms with Gasteiger partial charge in [-0.25, -0.2) is 4.79 Å². The van der Waals surface area contributed by atoms with Gasteiger partial charge in [0.15, 0.2) is 0 Å². The molecule has 0 atom stereocenters. The van der Waals surface area contributed by atoms with Crippen molar-refractivity contribution in [3.8, 4) is 5.75 Å². The van der Waals surface area contributed by atoms with Gasteiger partial charge in [0.1, 0.15) is 13.6 Å². The molecule has 0 N–H and O–H groups in total.